The van der Waals surface area contributed by atoms with Gasteiger partial charge >= 0.3 is 0 Å². The molecule has 0 atom stereocenters. The van der Waals surface area contributed by atoms with Gasteiger partial charge in [0.2, 0.25) is 0 Å². The molecule has 4 nitrogen and oxygen atoms in total. The highest BCUT2D eigenvalue weighted by Gasteiger charge is 2.10. The lowest BCUT2D eigenvalue weighted by Gasteiger charge is -2.07. The fraction of sp³-hybridized carbons (Fsp3) is 0.250. The summed E-state index contributed by atoms with van der Waals surface area (Å²) in [4.78, 5) is 21.7. The zero-order valence-electron chi connectivity index (χ0n) is 10.1. The Kier molecular flexibility index (Phi) is 3.96. The number of allylic oxidation sites excluding steroid dienone is 1. The number of carbonyl (C=O) groups is 1. The van der Waals surface area contributed by atoms with Gasteiger partial charge in [0.05, 0.1) is 13.0 Å². The molecule has 0 radical (unpaired) electrons. The highest BCUT2D eigenvalue weighted by Crippen LogP contribution is 2.13. The summed E-state index contributed by atoms with van der Waals surface area (Å²) in [6.07, 6.45) is 1.56. The van der Waals surface area contributed by atoms with Crippen molar-refractivity contribution in [1.29, 1.82) is 0 Å². The number of benzene rings is 1. The number of hydrogen-bond acceptors (Lipinski definition) is 3. The van der Waals surface area contributed by atoms with Crippen LogP contribution in [0, 0.1) is 10.1 Å². The van der Waals surface area contributed by atoms with Crippen LogP contribution in [0.1, 0.15) is 10.4 Å². The van der Waals surface area contributed by atoms with Gasteiger partial charge in [-0.3, -0.25) is 14.9 Å². The minimum Gasteiger partial charge on any atom is -0.289 e. The number of nitrogens with zero attached hydrogens (tertiary/aromatic N) is 1. The van der Waals surface area contributed by atoms with E-state index in [1.165, 1.54) is 24.3 Å². The Hall–Kier alpha value is -1.75. The lowest BCUT2D eigenvalue weighted by atomic mass is 10.1. The molecule has 0 spiro atoms. The Labute approximate surface area is 101 Å². The van der Waals surface area contributed by atoms with Crippen molar-refractivity contribution in [1.82, 2.24) is 0 Å². The average Bonchev–Trinajstić information content (AvgIpc) is 2.25. The maximum Gasteiger partial charge on any atom is 0.269 e. The molecule has 0 aliphatic heterocycles. The van der Waals surface area contributed by atoms with Gasteiger partial charge in [-0.05, 0) is 18.2 Å². The molecule has 1 rings (SSSR count). The van der Waals surface area contributed by atoms with E-state index in [0.29, 0.717) is 5.56 Å². The van der Waals surface area contributed by atoms with Crippen LogP contribution >= 0.6 is 0 Å². The Morgan fingerprint density at radius 1 is 1.24 bits per heavy atom. The first-order chi connectivity index (χ1) is 7.79. The maximum absolute atomic E-state index is 11.7. The van der Waals surface area contributed by atoms with Gasteiger partial charge in [0.15, 0.2) is 5.78 Å². The lowest BCUT2D eigenvalue weighted by Crippen LogP contribution is -2.16. The quantitative estimate of drug-likeness (QED) is 0.271. The highest BCUT2D eigenvalue weighted by molar-refractivity contribution is 6.81. The second-order valence-corrected chi connectivity index (χ2v) is 9.93. The number of hydrogen-bond donors (Lipinski definition) is 0. The van der Waals surface area contributed by atoms with E-state index in [1.807, 2.05) is 5.70 Å². The summed E-state index contributed by atoms with van der Waals surface area (Å²) in [5.41, 5.74) is 2.43. The van der Waals surface area contributed by atoms with Gasteiger partial charge in [0.1, 0.15) is 0 Å². The Balaban J connectivity index is 2.84. The van der Waals surface area contributed by atoms with E-state index in [0.717, 1.165) is 0 Å². The first-order valence-corrected chi connectivity index (χ1v) is 8.85. The molecule has 0 aromatic heterocycles. The van der Waals surface area contributed by atoms with E-state index in [4.69, 9.17) is 0 Å². The molecule has 0 heterocycles. The fourth-order valence-corrected chi connectivity index (χ4v) is 1.82. The topological polar surface area (TPSA) is 60.2 Å². The SMILES string of the molecule is C[Si](C)(C)/C=C/C(=O)c1ccc([N+](=O)[O-])cc1. The normalized spacial score (nSPS) is 11.7. The predicted octanol–water partition coefficient (Wildman–Crippen LogP) is 3.21. The van der Waals surface area contributed by atoms with E-state index in [9.17, 15) is 14.9 Å². The van der Waals surface area contributed by atoms with Crippen LogP contribution in [0.25, 0.3) is 0 Å². The number of ketones is 1. The summed E-state index contributed by atoms with van der Waals surface area (Å²) in [6.45, 7) is 6.39. The smallest absolute Gasteiger partial charge is 0.269 e. The molecule has 0 aliphatic rings. The zero-order valence-corrected chi connectivity index (χ0v) is 11.1. The summed E-state index contributed by atoms with van der Waals surface area (Å²) < 4.78 is 0. The van der Waals surface area contributed by atoms with Crippen LogP contribution in [0.5, 0.6) is 0 Å². The summed E-state index contributed by atoms with van der Waals surface area (Å²) in [5, 5.41) is 10.5. The molecule has 17 heavy (non-hydrogen) atoms. The third-order valence-corrected chi connectivity index (χ3v) is 3.26. The second-order valence-electron chi connectivity index (χ2n) is 4.87. The van der Waals surface area contributed by atoms with Gasteiger partial charge in [-0.25, -0.2) is 0 Å². The third kappa shape index (κ3) is 4.32. The Morgan fingerprint density at radius 3 is 2.18 bits per heavy atom. The lowest BCUT2D eigenvalue weighted by molar-refractivity contribution is -0.384. The summed E-state index contributed by atoms with van der Waals surface area (Å²) in [7, 11) is -1.39. The van der Waals surface area contributed by atoms with Crippen molar-refractivity contribution in [2.45, 2.75) is 19.6 Å². The molecule has 90 valence electrons. The van der Waals surface area contributed by atoms with Crippen molar-refractivity contribution in [3.05, 3.63) is 51.7 Å². The standard InChI is InChI=1S/C12H15NO3Si/c1-17(2,3)9-8-12(14)10-4-6-11(7-5-10)13(15)16/h4-9H,1-3H3/b9-8+. The van der Waals surface area contributed by atoms with Gasteiger partial charge < -0.3 is 0 Å². The summed E-state index contributed by atoms with van der Waals surface area (Å²) >= 11 is 0. The molecule has 1 aromatic rings. The molecule has 5 heteroatoms. The van der Waals surface area contributed by atoms with Gasteiger partial charge in [-0.1, -0.05) is 25.3 Å². The molecular formula is C12H15NO3Si. The van der Waals surface area contributed by atoms with Gasteiger partial charge in [-0.15, -0.1) is 0 Å². The Bertz CT molecular complexity index is 458. The zero-order chi connectivity index (χ0) is 13.1. The average molecular weight is 249 g/mol. The molecule has 0 N–H and O–H groups in total. The first kappa shape index (κ1) is 13.3. The second kappa shape index (κ2) is 5.05. The van der Waals surface area contributed by atoms with Crippen molar-refractivity contribution in [3.8, 4) is 0 Å². The largest absolute Gasteiger partial charge is 0.289 e. The van der Waals surface area contributed by atoms with Gasteiger partial charge in [0.25, 0.3) is 5.69 Å². The number of nitro benzene ring substituents is 1. The fourth-order valence-electron chi connectivity index (χ4n) is 1.17. The van der Waals surface area contributed by atoms with Crippen LogP contribution in [-0.2, 0) is 0 Å². The van der Waals surface area contributed by atoms with Crippen molar-refractivity contribution < 1.29 is 9.72 Å². The van der Waals surface area contributed by atoms with Crippen molar-refractivity contribution >= 4 is 19.5 Å². The number of nitro groups is 1. The molecule has 0 aliphatic carbocycles. The van der Waals surface area contributed by atoms with Crippen molar-refractivity contribution in [2.75, 3.05) is 0 Å². The van der Waals surface area contributed by atoms with Crippen LogP contribution in [-0.4, -0.2) is 18.8 Å². The molecule has 0 amide bonds. The van der Waals surface area contributed by atoms with Crippen LogP contribution in [0.2, 0.25) is 19.6 Å². The highest BCUT2D eigenvalue weighted by atomic mass is 28.3. The monoisotopic (exact) mass is 249 g/mol. The van der Waals surface area contributed by atoms with E-state index in [1.54, 1.807) is 6.08 Å². The molecule has 0 unspecified atom stereocenters. The molecule has 0 bridgehead atoms. The summed E-state index contributed by atoms with van der Waals surface area (Å²) in [6, 6.07) is 5.65. The van der Waals surface area contributed by atoms with Crippen LogP contribution in [0.4, 0.5) is 5.69 Å². The van der Waals surface area contributed by atoms with E-state index in [-0.39, 0.29) is 11.5 Å². The molecule has 1 aromatic carbocycles. The minimum absolute atomic E-state index is 0.00396. The molecule has 0 saturated carbocycles. The van der Waals surface area contributed by atoms with Crippen molar-refractivity contribution in [3.63, 3.8) is 0 Å². The minimum atomic E-state index is -1.39. The van der Waals surface area contributed by atoms with E-state index in [2.05, 4.69) is 19.6 Å². The van der Waals surface area contributed by atoms with Gasteiger partial charge in [0, 0.05) is 17.7 Å². The third-order valence-electron chi connectivity index (χ3n) is 2.10. The molecule has 0 saturated heterocycles. The number of carbonyl (C=O) groups excluding carboxylic acids is 1. The Morgan fingerprint density at radius 2 is 1.76 bits per heavy atom. The first-order valence-electron chi connectivity index (χ1n) is 5.27. The van der Waals surface area contributed by atoms with Crippen molar-refractivity contribution in [2.24, 2.45) is 0 Å². The van der Waals surface area contributed by atoms with Crippen LogP contribution in [0.15, 0.2) is 36.0 Å². The van der Waals surface area contributed by atoms with Gasteiger partial charge in [-0.2, -0.15) is 0 Å². The number of non-ortho nitro benzene ring substituents is 1. The summed E-state index contributed by atoms with van der Waals surface area (Å²) in [5.74, 6) is -0.109. The molecular weight excluding hydrogens is 234 g/mol. The van der Waals surface area contributed by atoms with Crippen LogP contribution < -0.4 is 0 Å². The van der Waals surface area contributed by atoms with E-state index >= 15 is 0 Å². The predicted molar refractivity (Wildman–Crippen MR) is 69.9 cm³/mol. The number of rotatable bonds is 4. The van der Waals surface area contributed by atoms with E-state index < -0.39 is 13.0 Å². The van der Waals surface area contributed by atoms with Crippen LogP contribution in [0.3, 0.4) is 0 Å². The molecule has 0 fully saturated rings. The maximum atomic E-state index is 11.7.